The first-order valence-electron chi connectivity index (χ1n) is 6.18. The van der Waals surface area contributed by atoms with Gasteiger partial charge in [-0.2, -0.15) is 0 Å². The number of rotatable bonds is 4. The summed E-state index contributed by atoms with van der Waals surface area (Å²) in [5.41, 5.74) is 5.28. The molecule has 0 fully saturated rings. The summed E-state index contributed by atoms with van der Waals surface area (Å²) in [5.74, 6) is -0.648. The van der Waals surface area contributed by atoms with E-state index in [-0.39, 0.29) is 17.1 Å². The van der Waals surface area contributed by atoms with E-state index < -0.39 is 0 Å². The van der Waals surface area contributed by atoms with Crippen LogP contribution in [-0.4, -0.2) is 27.3 Å². The molecule has 2 N–H and O–H groups in total. The topological polar surface area (TPSA) is 84.0 Å². The van der Waals surface area contributed by atoms with Gasteiger partial charge in [0.05, 0.1) is 5.25 Å². The first-order chi connectivity index (χ1) is 10.1. The number of hydrazine groups is 1. The molecule has 0 aliphatic carbocycles. The largest absolute Gasteiger partial charge is 0.272 e. The maximum atomic E-state index is 11.9. The average Bonchev–Trinajstić information content (AvgIpc) is 2.90. The molecule has 1 heterocycles. The fraction of sp³-hybridized carbons (Fsp3) is 0.231. The molecular weight excluding hydrogens is 308 g/mol. The summed E-state index contributed by atoms with van der Waals surface area (Å²) in [7, 11) is 0. The van der Waals surface area contributed by atoms with E-state index in [4.69, 9.17) is 0 Å². The highest BCUT2D eigenvalue weighted by atomic mass is 32.2. The Labute approximate surface area is 130 Å². The van der Waals surface area contributed by atoms with E-state index in [1.165, 1.54) is 23.1 Å². The van der Waals surface area contributed by atoms with Crippen molar-refractivity contribution in [2.75, 3.05) is 0 Å². The van der Waals surface area contributed by atoms with E-state index in [2.05, 4.69) is 21.0 Å². The molecule has 2 amide bonds. The van der Waals surface area contributed by atoms with Gasteiger partial charge in [0.25, 0.3) is 11.8 Å². The molecule has 0 aliphatic heterocycles. The van der Waals surface area contributed by atoms with Crippen molar-refractivity contribution < 1.29 is 9.59 Å². The molecule has 110 valence electrons. The minimum absolute atomic E-state index is 0.294. The molecule has 0 radical (unpaired) electrons. The minimum atomic E-state index is -0.381. The zero-order valence-electron chi connectivity index (χ0n) is 11.5. The van der Waals surface area contributed by atoms with E-state index in [1.807, 2.05) is 13.0 Å². The highest BCUT2D eigenvalue weighted by Crippen LogP contribution is 2.25. The number of hydrogen-bond acceptors (Lipinski definition) is 6. The van der Waals surface area contributed by atoms with Crippen LogP contribution in [0.1, 0.15) is 22.3 Å². The number of nitrogens with zero attached hydrogens (tertiary/aromatic N) is 2. The third-order valence-corrected chi connectivity index (χ3v) is 4.51. The quantitative estimate of drug-likeness (QED) is 0.662. The van der Waals surface area contributed by atoms with Crippen LogP contribution in [0.5, 0.6) is 0 Å². The van der Waals surface area contributed by atoms with Gasteiger partial charge in [0, 0.05) is 5.56 Å². The number of thioether (sulfide) groups is 1. The molecule has 1 aromatic heterocycles. The molecule has 0 aliphatic rings. The van der Waals surface area contributed by atoms with Crippen LogP contribution in [0.3, 0.4) is 0 Å². The number of carbonyl (C=O) groups is 2. The van der Waals surface area contributed by atoms with Gasteiger partial charge in [0.1, 0.15) is 5.01 Å². The Bertz CT molecular complexity index is 630. The second-order valence-electron chi connectivity index (χ2n) is 4.16. The van der Waals surface area contributed by atoms with Crippen LogP contribution < -0.4 is 10.9 Å². The second-order valence-corrected chi connectivity index (χ2v) is 6.93. The smallest absolute Gasteiger partial charge is 0.269 e. The summed E-state index contributed by atoms with van der Waals surface area (Å²) in [6.45, 7) is 3.60. The van der Waals surface area contributed by atoms with E-state index in [1.54, 1.807) is 31.2 Å². The summed E-state index contributed by atoms with van der Waals surface area (Å²) in [5, 5.41) is 8.30. The van der Waals surface area contributed by atoms with Gasteiger partial charge >= 0.3 is 0 Å². The molecule has 0 saturated carbocycles. The highest BCUT2D eigenvalue weighted by Gasteiger charge is 2.17. The number of nitrogens with one attached hydrogen (secondary N) is 2. The van der Waals surface area contributed by atoms with Crippen LogP contribution in [0, 0.1) is 6.92 Å². The van der Waals surface area contributed by atoms with E-state index in [0.717, 1.165) is 9.35 Å². The van der Waals surface area contributed by atoms with Crippen molar-refractivity contribution in [3.63, 3.8) is 0 Å². The number of carbonyl (C=O) groups excluding carboxylic acids is 2. The normalized spacial score (nSPS) is 11.7. The molecular formula is C13H14N4O2S2. The first kappa shape index (κ1) is 15.5. The predicted octanol–water partition coefficient (Wildman–Crippen LogP) is 1.79. The molecule has 0 unspecified atom stereocenters. The number of amides is 2. The first-order valence-corrected chi connectivity index (χ1v) is 7.88. The molecule has 21 heavy (non-hydrogen) atoms. The zero-order valence-corrected chi connectivity index (χ0v) is 13.1. The summed E-state index contributed by atoms with van der Waals surface area (Å²) >= 11 is 2.73. The van der Waals surface area contributed by atoms with Gasteiger partial charge in [0.2, 0.25) is 0 Å². The van der Waals surface area contributed by atoms with Crippen molar-refractivity contribution in [2.45, 2.75) is 23.4 Å². The molecule has 0 bridgehead atoms. The SMILES string of the molecule is Cc1nnc(S[C@@H](C)C(=O)NNC(=O)c2ccccc2)s1. The number of hydrogen-bond donors (Lipinski definition) is 2. The van der Waals surface area contributed by atoms with Crippen molar-refractivity contribution in [2.24, 2.45) is 0 Å². The van der Waals surface area contributed by atoms with Crippen LogP contribution in [0.4, 0.5) is 0 Å². The molecule has 1 aromatic carbocycles. The maximum absolute atomic E-state index is 11.9. The summed E-state index contributed by atoms with van der Waals surface area (Å²) < 4.78 is 0.726. The number of aromatic nitrogens is 2. The summed E-state index contributed by atoms with van der Waals surface area (Å²) in [6, 6.07) is 8.67. The predicted molar refractivity (Wildman–Crippen MR) is 82.0 cm³/mol. The third-order valence-electron chi connectivity index (χ3n) is 2.49. The van der Waals surface area contributed by atoms with Crippen LogP contribution in [0.25, 0.3) is 0 Å². The molecule has 2 aromatic rings. The van der Waals surface area contributed by atoms with Gasteiger partial charge in [-0.15, -0.1) is 10.2 Å². The van der Waals surface area contributed by atoms with Gasteiger partial charge in [0.15, 0.2) is 4.34 Å². The second kappa shape index (κ2) is 7.19. The Morgan fingerprint density at radius 3 is 2.52 bits per heavy atom. The number of aryl methyl sites for hydroxylation is 1. The van der Waals surface area contributed by atoms with Crippen molar-refractivity contribution in [1.29, 1.82) is 0 Å². The van der Waals surface area contributed by atoms with Gasteiger partial charge in [-0.05, 0) is 26.0 Å². The van der Waals surface area contributed by atoms with Crippen LogP contribution in [0.15, 0.2) is 34.7 Å². The molecule has 0 spiro atoms. The highest BCUT2D eigenvalue weighted by molar-refractivity contribution is 8.02. The molecule has 2 rings (SSSR count). The Balaban J connectivity index is 1.82. The van der Waals surface area contributed by atoms with Crippen LogP contribution in [0.2, 0.25) is 0 Å². The number of benzene rings is 1. The molecule has 1 atom stereocenters. The molecule has 0 saturated heterocycles. The Morgan fingerprint density at radius 1 is 1.19 bits per heavy atom. The Hall–Kier alpha value is -1.93. The Kier molecular flexibility index (Phi) is 5.29. The van der Waals surface area contributed by atoms with Crippen molar-refractivity contribution >= 4 is 34.9 Å². The lowest BCUT2D eigenvalue weighted by molar-refractivity contribution is -0.121. The fourth-order valence-corrected chi connectivity index (χ4v) is 3.37. The van der Waals surface area contributed by atoms with Crippen molar-refractivity contribution in [3.8, 4) is 0 Å². The van der Waals surface area contributed by atoms with Gasteiger partial charge in [-0.3, -0.25) is 20.4 Å². The Morgan fingerprint density at radius 2 is 1.90 bits per heavy atom. The standard InChI is InChI=1S/C13H14N4O2S2/c1-8(20-13-17-14-9(2)21-13)11(18)15-16-12(19)10-6-4-3-5-7-10/h3-8H,1-2H3,(H,15,18)(H,16,19)/t8-/m0/s1. The zero-order chi connectivity index (χ0) is 15.2. The van der Waals surface area contributed by atoms with E-state index >= 15 is 0 Å². The lowest BCUT2D eigenvalue weighted by atomic mass is 10.2. The minimum Gasteiger partial charge on any atom is -0.272 e. The lowest BCUT2D eigenvalue weighted by Crippen LogP contribution is -2.44. The maximum Gasteiger partial charge on any atom is 0.269 e. The lowest BCUT2D eigenvalue weighted by Gasteiger charge is -2.11. The molecule has 8 heteroatoms. The summed E-state index contributed by atoms with van der Waals surface area (Å²) in [4.78, 5) is 23.7. The third kappa shape index (κ3) is 4.54. The molecule has 6 nitrogen and oxygen atoms in total. The summed E-state index contributed by atoms with van der Waals surface area (Å²) in [6.07, 6.45) is 0. The fourth-order valence-electron chi connectivity index (χ4n) is 1.41. The monoisotopic (exact) mass is 322 g/mol. The van der Waals surface area contributed by atoms with Crippen molar-refractivity contribution in [3.05, 3.63) is 40.9 Å². The van der Waals surface area contributed by atoms with Crippen molar-refractivity contribution in [1.82, 2.24) is 21.0 Å². The van der Waals surface area contributed by atoms with Gasteiger partial charge in [-0.1, -0.05) is 41.3 Å². The van der Waals surface area contributed by atoms with Gasteiger partial charge in [-0.25, -0.2) is 0 Å². The van der Waals surface area contributed by atoms with Gasteiger partial charge < -0.3 is 0 Å². The van der Waals surface area contributed by atoms with E-state index in [9.17, 15) is 9.59 Å². The average molecular weight is 322 g/mol. The van der Waals surface area contributed by atoms with E-state index in [0.29, 0.717) is 5.56 Å². The van der Waals surface area contributed by atoms with Crippen LogP contribution >= 0.6 is 23.1 Å². The van der Waals surface area contributed by atoms with Crippen LogP contribution in [-0.2, 0) is 4.79 Å².